The Balaban J connectivity index is 3.66. The Hall–Kier alpha value is -1.91. The molecule has 0 saturated heterocycles. The number of hydrogen-bond acceptors (Lipinski definition) is 3. The van der Waals surface area contributed by atoms with Crippen molar-refractivity contribution in [2.75, 3.05) is 14.1 Å². The smallest absolute Gasteiger partial charge is 0.310 e. The molecule has 1 aromatic rings. The number of amides is 1. The summed E-state index contributed by atoms with van der Waals surface area (Å²) >= 11 is 0. The van der Waals surface area contributed by atoms with Crippen molar-refractivity contribution in [3.05, 3.63) is 33.9 Å². The molecule has 0 aliphatic rings. The Bertz CT molecular complexity index is 599. The lowest BCUT2D eigenvalue weighted by atomic mass is 10.2. The van der Waals surface area contributed by atoms with Gasteiger partial charge in [-0.25, -0.2) is 0 Å². The van der Waals surface area contributed by atoms with E-state index in [0.717, 1.165) is 4.90 Å². The number of carbonyl (C=O) groups excluding carboxylic acids is 1. The van der Waals surface area contributed by atoms with E-state index in [0.29, 0.717) is 6.07 Å². The summed E-state index contributed by atoms with van der Waals surface area (Å²) in [6, 6.07) is 0.139. The van der Waals surface area contributed by atoms with Gasteiger partial charge in [0.15, 0.2) is 0 Å². The predicted octanol–water partition coefficient (Wildman–Crippen LogP) is 3.95. The van der Waals surface area contributed by atoms with Gasteiger partial charge in [0.2, 0.25) is 0 Å². The minimum Gasteiger partial charge on any atom is -0.345 e. The summed E-state index contributed by atoms with van der Waals surface area (Å²) in [6.45, 7) is 0. The minimum absolute atomic E-state index is 0.0864. The standard InChI is InChI=1S/C9H9F5N2O3S/c1-15(2)9(17)6-3-7(16(18)19)5-8(4-6)20(10,11,12,13)14/h3-5H,1-2H3. The molecule has 0 atom stereocenters. The van der Waals surface area contributed by atoms with Crippen LogP contribution in [0, 0.1) is 10.1 Å². The zero-order chi connectivity index (χ0) is 16.0. The molecule has 0 N–H and O–H groups in total. The Labute approximate surface area is 109 Å². The Morgan fingerprint density at radius 1 is 1.15 bits per heavy atom. The molecule has 0 aliphatic heterocycles. The SMILES string of the molecule is CN(C)C(=O)c1cc([N+](=O)[O-])cc(S(F)(F)(F)(F)F)c1. The third-order valence-corrected chi connectivity index (χ3v) is 3.33. The van der Waals surface area contributed by atoms with Gasteiger partial charge in [0.25, 0.3) is 11.6 Å². The van der Waals surface area contributed by atoms with Crippen molar-refractivity contribution in [3.8, 4) is 0 Å². The maximum absolute atomic E-state index is 12.7. The molecule has 0 spiro atoms. The molecule has 1 aromatic carbocycles. The van der Waals surface area contributed by atoms with E-state index in [4.69, 9.17) is 0 Å². The van der Waals surface area contributed by atoms with Crippen LogP contribution in [0.5, 0.6) is 0 Å². The molecule has 5 nitrogen and oxygen atoms in total. The second kappa shape index (κ2) is 3.81. The molecule has 0 unspecified atom stereocenters. The van der Waals surface area contributed by atoms with Crippen molar-refractivity contribution in [3.63, 3.8) is 0 Å². The summed E-state index contributed by atoms with van der Waals surface area (Å²) in [4.78, 5) is 19.1. The highest BCUT2D eigenvalue weighted by molar-refractivity contribution is 8.45. The van der Waals surface area contributed by atoms with Crippen LogP contribution in [0.15, 0.2) is 23.1 Å². The molecule has 0 aliphatic carbocycles. The van der Waals surface area contributed by atoms with Gasteiger partial charge in [-0.1, -0.05) is 19.4 Å². The summed E-state index contributed by atoms with van der Waals surface area (Å²) in [5.41, 5.74) is -2.08. The number of rotatable bonds is 3. The molecule has 0 saturated carbocycles. The molecule has 0 heterocycles. The van der Waals surface area contributed by atoms with Crippen LogP contribution in [-0.2, 0) is 0 Å². The van der Waals surface area contributed by atoms with Crippen molar-refractivity contribution in [1.29, 1.82) is 0 Å². The first-order valence-electron chi connectivity index (χ1n) is 4.87. The average molecular weight is 320 g/mol. The summed E-state index contributed by atoms with van der Waals surface area (Å²) in [5.74, 6) is -1.06. The van der Waals surface area contributed by atoms with Gasteiger partial charge in [0.05, 0.1) is 4.92 Å². The summed E-state index contributed by atoms with van der Waals surface area (Å²) in [6.07, 6.45) is 0. The molecule has 1 amide bonds. The molecule has 1 rings (SSSR count). The van der Waals surface area contributed by atoms with Gasteiger partial charge >= 0.3 is 10.2 Å². The van der Waals surface area contributed by atoms with Crippen LogP contribution in [0.3, 0.4) is 0 Å². The lowest BCUT2D eigenvalue weighted by Gasteiger charge is -2.40. The second-order valence-electron chi connectivity index (χ2n) is 4.14. The van der Waals surface area contributed by atoms with Gasteiger partial charge in [-0.15, -0.1) is 0 Å². The topological polar surface area (TPSA) is 63.5 Å². The fourth-order valence-corrected chi connectivity index (χ4v) is 1.99. The molecule has 20 heavy (non-hydrogen) atoms. The van der Waals surface area contributed by atoms with Crippen molar-refractivity contribution in [2.24, 2.45) is 0 Å². The Kier molecular flexibility index (Phi) is 3.07. The number of nitrogens with zero attached hydrogens (tertiary/aromatic N) is 2. The lowest BCUT2D eigenvalue weighted by Crippen LogP contribution is -2.22. The van der Waals surface area contributed by atoms with Gasteiger partial charge in [0.1, 0.15) is 4.90 Å². The van der Waals surface area contributed by atoms with Crippen LogP contribution >= 0.6 is 10.2 Å². The first kappa shape index (κ1) is 16.1. The van der Waals surface area contributed by atoms with E-state index >= 15 is 0 Å². The third-order valence-electron chi connectivity index (χ3n) is 2.20. The number of nitro groups is 1. The van der Waals surface area contributed by atoms with Crippen LogP contribution in [0.1, 0.15) is 10.4 Å². The monoisotopic (exact) mass is 320 g/mol. The number of carbonyl (C=O) groups is 1. The number of halogens is 5. The fourth-order valence-electron chi connectivity index (χ4n) is 1.29. The lowest BCUT2D eigenvalue weighted by molar-refractivity contribution is -0.385. The number of benzene rings is 1. The highest BCUT2D eigenvalue weighted by atomic mass is 32.5. The van der Waals surface area contributed by atoms with Crippen LogP contribution in [0.2, 0.25) is 0 Å². The van der Waals surface area contributed by atoms with Crippen molar-refractivity contribution in [2.45, 2.75) is 4.90 Å². The van der Waals surface area contributed by atoms with Crippen LogP contribution in [0.4, 0.5) is 25.1 Å². The highest BCUT2D eigenvalue weighted by Gasteiger charge is 2.66. The van der Waals surface area contributed by atoms with Crippen molar-refractivity contribution < 1.29 is 29.1 Å². The molecule has 0 fully saturated rings. The van der Waals surface area contributed by atoms with E-state index in [-0.39, 0.29) is 12.1 Å². The molecule has 0 radical (unpaired) electrons. The quantitative estimate of drug-likeness (QED) is 0.481. The molecule has 11 heteroatoms. The average Bonchev–Trinajstić information content (AvgIpc) is 2.24. The van der Waals surface area contributed by atoms with Gasteiger partial charge in [-0.3, -0.25) is 14.9 Å². The summed E-state index contributed by atoms with van der Waals surface area (Å²) in [5, 5.41) is 10.5. The van der Waals surface area contributed by atoms with Crippen LogP contribution < -0.4 is 0 Å². The summed E-state index contributed by atoms with van der Waals surface area (Å²) < 4.78 is 63.4. The van der Waals surface area contributed by atoms with E-state index < -0.39 is 37.2 Å². The second-order valence-corrected chi connectivity index (χ2v) is 6.55. The third kappa shape index (κ3) is 3.56. The highest BCUT2D eigenvalue weighted by Crippen LogP contribution is 3.02. The number of nitro benzene ring substituents is 1. The van der Waals surface area contributed by atoms with Gasteiger partial charge in [-0.05, 0) is 6.07 Å². The molecule has 0 aromatic heterocycles. The van der Waals surface area contributed by atoms with E-state index in [9.17, 15) is 34.3 Å². The van der Waals surface area contributed by atoms with Crippen molar-refractivity contribution in [1.82, 2.24) is 4.90 Å². The fraction of sp³-hybridized carbons (Fsp3) is 0.222. The predicted molar refractivity (Wildman–Crippen MR) is 62.5 cm³/mol. The summed E-state index contributed by atoms with van der Waals surface area (Å²) in [7, 11) is -7.78. The first-order chi connectivity index (χ1) is 8.61. The molecular weight excluding hydrogens is 311 g/mol. The van der Waals surface area contributed by atoms with Crippen LogP contribution in [-0.4, -0.2) is 29.8 Å². The minimum atomic E-state index is -10.1. The van der Waals surface area contributed by atoms with Crippen LogP contribution in [0.25, 0.3) is 0 Å². The zero-order valence-electron chi connectivity index (χ0n) is 10.1. The van der Waals surface area contributed by atoms with Crippen molar-refractivity contribution >= 4 is 21.8 Å². The van der Waals surface area contributed by atoms with Gasteiger partial charge in [-0.2, -0.15) is 0 Å². The van der Waals surface area contributed by atoms with E-state index in [1.165, 1.54) is 14.1 Å². The molecular formula is C9H9F5N2O3S. The maximum Gasteiger partial charge on any atom is 0.310 e. The number of non-ortho nitro benzene ring substituents is 1. The normalized spacial score (nSPS) is 15.2. The zero-order valence-corrected chi connectivity index (χ0v) is 11.0. The Morgan fingerprint density at radius 3 is 2.00 bits per heavy atom. The van der Waals surface area contributed by atoms with Gasteiger partial charge < -0.3 is 4.90 Å². The largest absolute Gasteiger partial charge is 0.345 e. The number of hydrogen-bond donors (Lipinski definition) is 0. The molecule has 0 bridgehead atoms. The van der Waals surface area contributed by atoms with E-state index in [1.807, 2.05) is 0 Å². The first-order valence-corrected chi connectivity index (χ1v) is 6.82. The van der Waals surface area contributed by atoms with E-state index in [1.54, 1.807) is 0 Å². The molecule has 114 valence electrons. The Morgan fingerprint density at radius 2 is 1.65 bits per heavy atom. The maximum atomic E-state index is 12.7. The van der Waals surface area contributed by atoms with E-state index in [2.05, 4.69) is 0 Å². The van der Waals surface area contributed by atoms with Gasteiger partial charge in [0, 0.05) is 31.8 Å².